The Morgan fingerprint density at radius 1 is 1.10 bits per heavy atom. The molecule has 0 aliphatic heterocycles. The fourth-order valence-electron chi connectivity index (χ4n) is 2.42. The molecule has 0 fully saturated rings. The van der Waals surface area contributed by atoms with Crippen molar-refractivity contribution in [1.29, 1.82) is 0 Å². The SMILES string of the molecule is CCNCc1cnccc1N(CC)c1ccccc1C. The van der Waals surface area contributed by atoms with Crippen molar-refractivity contribution < 1.29 is 0 Å². The minimum absolute atomic E-state index is 0.849. The Morgan fingerprint density at radius 3 is 2.60 bits per heavy atom. The molecular weight excluding hydrogens is 246 g/mol. The molecule has 3 heteroatoms. The Labute approximate surface area is 121 Å². The van der Waals surface area contributed by atoms with Crippen molar-refractivity contribution in [2.45, 2.75) is 27.3 Å². The summed E-state index contributed by atoms with van der Waals surface area (Å²) in [6.07, 6.45) is 3.82. The van der Waals surface area contributed by atoms with E-state index < -0.39 is 0 Å². The lowest BCUT2D eigenvalue weighted by atomic mass is 10.1. The van der Waals surface area contributed by atoms with E-state index in [4.69, 9.17) is 0 Å². The van der Waals surface area contributed by atoms with Gasteiger partial charge in [-0.25, -0.2) is 0 Å². The maximum Gasteiger partial charge on any atom is 0.0487 e. The van der Waals surface area contributed by atoms with Crippen molar-refractivity contribution in [3.8, 4) is 0 Å². The molecular formula is C17H23N3. The van der Waals surface area contributed by atoms with Gasteiger partial charge in [-0.1, -0.05) is 25.1 Å². The molecule has 2 rings (SSSR count). The highest BCUT2D eigenvalue weighted by Gasteiger charge is 2.13. The summed E-state index contributed by atoms with van der Waals surface area (Å²) in [6, 6.07) is 10.6. The van der Waals surface area contributed by atoms with Crippen molar-refractivity contribution in [2.75, 3.05) is 18.0 Å². The average molecular weight is 269 g/mol. The first-order valence-electron chi connectivity index (χ1n) is 7.24. The first kappa shape index (κ1) is 14.5. The van der Waals surface area contributed by atoms with Gasteiger partial charge < -0.3 is 10.2 Å². The van der Waals surface area contributed by atoms with Crippen LogP contribution in [0.3, 0.4) is 0 Å². The summed E-state index contributed by atoms with van der Waals surface area (Å²) in [5.74, 6) is 0. The van der Waals surface area contributed by atoms with E-state index in [1.807, 2.05) is 12.4 Å². The van der Waals surface area contributed by atoms with Crippen LogP contribution in [0.15, 0.2) is 42.7 Å². The van der Waals surface area contributed by atoms with Crippen LogP contribution in [0.4, 0.5) is 11.4 Å². The standard InChI is InChI=1S/C17H23N3/c1-4-18-12-15-13-19-11-10-17(15)20(5-2)16-9-7-6-8-14(16)3/h6-11,13,18H,4-5,12H2,1-3H3. The summed E-state index contributed by atoms with van der Waals surface area (Å²) in [5, 5.41) is 3.38. The monoisotopic (exact) mass is 269 g/mol. The molecule has 0 unspecified atom stereocenters. The summed E-state index contributed by atoms with van der Waals surface area (Å²) in [7, 11) is 0. The average Bonchev–Trinajstić information content (AvgIpc) is 2.49. The van der Waals surface area contributed by atoms with E-state index in [1.54, 1.807) is 0 Å². The molecule has 0 saturated heterocycles. The van der Waals surface area contributed by atoms with Gasteiger partial charge in [0.15, 0.2) is 0 Å². The number of para-hydroxylation sites is 1. The van der Waals surface area contributed by atoms with E-state index in [0.717, 1.165) is 19.6 Å². The summed E-state index contributed by atoms with van der Waals surface area (Å²) >= 11 is 0. The molecule has 20 heavy (non-hydrogen) atoms. The van der Waals surface area contributed by atoms with Crippen LogP contribution in [0.2, 0.25) is 0 Å². The van der Waals surface area contributed by atoms with Gasteiger partial charge in [0.25, 0.3) is 0 Å². The van der Waals surface area contributed by atoms with Crippen LogP contribution in [0.1, 0.15) is 25.0 Å². The summed E-state index contributed by atoms with van der Waals surface area (Å²) in [6.45, 7) is 9.21. The highest BCUT2D eigenvalue weighted by molar-refractivity contribution is 5.68. The van der Waals surface area contributed by atoms with Gasteiger partial charge in [-0.05, 0) is 38.1 Å². The smallest absolute Gasteiger partial charge is 0.0487 e. The quantitative estimate of drug-likeness (QED) is 0.867. The van der Waals surface area contributed by atoms with Gasteiger partial charge in [-0.15, -0.1) is 0 Å². The molecule has 0 atom stereocenters. The number of aryl methyl sites for hydroxylation is 1. The summed E-state index contributed by atoms with van der Waals surface area (Å²) in [5.41, 5.74) is 5.02. The van der Waals surface area contributed by atoms with Crippen LogP contribution in [0.5, 0.6) is 0 Å². The van der Waals surface area contributed by atoms with Crippen LogP contribution in [-0.4, -0.2) is 18.1 Å². The van der Waals surface area contributed by atoms with Crippen molar-refractivity contribution in [3.05, 3.63) is 53.9 Å². The van der Waals surface area contributed by atoms with Gasteiger partial charge in [0, 0.05) is 42.4 Å². The Kier molecular flexibility index (Phi) is 5.13. The van der Waals surface area contributed by atoms with Crippen LogP contribution in [0.25, 0.3) is 0 Å². The van der Waals surface area contributed by atoms with Gasteiger partial charge >= 0.3 is 0 Å². The zero-order valence-electron chi connectivity index (χ0n) is 12.6. The number of benzene rings is 1. The number of rotatable bonds is 6. The number of anilines is 2. The van der Waals surface area contributed by atoms with Crippen LogP contribution >= 0.6 is 0 Å². The molecule has 1 heterocycles. The normalized spacial score (nSPS) is 10.6. The number of aromatic nitrogens is 1. The minimum atomic E-state index is 0.849. The second-order valence-corrected chi connectivity index (χ2v) is 4.82. The predicted octanol–water partition coefficient (Wildman–Crippen LogP) is 3.66. The van der Waals surface area contributed by atoms with Gasteiger partial charge in [-0.2, -0.15) is 0 Å². The zero-order chi connectivity index (χ0) is 14.4. The number of pyridine rings is 1. The van der Waals surface area contributed by atoms with Gasteiger partial charge in [0.05, 0.1) is 0 Å². The highest BCUT2D eigenvalue weighted by atomic mass is 15.1. The van der Waals surface area contributed by atoms with E-state index in [1.165, 1.54) is 22.5 Å². The summed E-state index contributed by atoms with van der Waals surface area (Å²) < 4.78 is 0. The van der Waals surface area contributed by atoms with Gasteiger partial charge in [-0.3, -0.25) is 4.98 Å². The Bertz CT molecular complexity index is 551. The van der Waals surface area contributed by atoms with Crippen LogP contribution < -0.4 is 10.2 Å². The molecule has 1 N–H and O–H groups in total. The second kappa shape index (κ2) is 7.06. The third kappa shape index (κ3) is 3.17. The first-order chi connectivity index (χ1) is 9.77. The van der Waals surface area contributed by atoms with Crippen molar-refractivity contribution >= 4 is 11.4 Å². The van der Waals surface area contributed by atoms with Crippen LogP contribution in [0, 0.1) is 6.92 Å². The maximum atomic E-state index is 4.26. The lowest BCUT2D eigenvalue weighted by molar-refractivity contribution is 0.722. The third-order valence-corrected chi connectivity index (χ3v) is 3.46. The predicted molar refractivity (Wildman–Crippen MR) is 85.5 cm³/mol. The molecule has 1 aromatic heterocycles. The molecule has 0 aliphatic carbocycles. The number of hydrogen-bond donors (Lipinski definition) is 1. The summed E-state index contributed by atoms with van der Waals surface area (Å²) in [4.78, 5) is 6.62. The van der Waals surface area contributed by atoms with Crippen molar-refractivity contribution in [3.63, 3.8) is 0 Å². The first-order valence-corrected chi connectivity index (χ1v) is 7.24. The fourth-order valence-corrected chi connectivity index (χ4v) is 2.42. The topological polar surface area (TPSA) is 28.2 Å². The number of nitrogens with one attached hydrogen (secondary N) is 1. The Hall–Kier alpha value is -1.87. The lowest BCUT2D eigenvalue weighted by Crippen LogP contribution is -2.21. The van der Waals surface area contributed by atoms with E-state index in [9.17, 15) is 0 Å². The highest BCUT2D eigenvalue weighted by Crippen LogP contribution is 2.30. The maximum absolute atomic E-state index is 4.26. The fraction of sp³-hybridized carbons (Fsp3) is 0.353. The van der Waals surface area contributed by atoms with E-state index in [0.29, 0.717) is 0 Å². The van der Waals surface area contributed by atoms with E-state index >= 15 is 0 Å². The van der Waals surface area contributed by atoms with Crippen LogP contribution in [-0.2, 0) is 6.54 Å². The second-order valence-electron chi connectivity index (χ2n) is 4.82. The Balaban J connectivity index is 2.39. The zero-order valence-corrected chi connectivity index (χ0v) is 12.6. The molecule has 0 bridgehead atoms. The molecule has 0 aliphatic rings. The lowest BCUT2D eigenvalue weighted by Gasteiger charge is -2.27. The van der Waals surface area contributed by atoms with Gasteiger partial charge in [0.2, 0.25) is 0 Å². The number of nitrogens with zero attached hydrogens (tertiary/aromatic N) is 2. The van der Waals surface area contributed by atoms with E-state index in [2.05, 4.69) is 66.3 Å². The molecule has 2 aromatic rings. The van der Waals surface area contributed by atoms with Crippen molar-refractivity contribution in [1.82, 2.24) is 10.3 Å². The minimum Gasteiger partial charge on any atom is -0.341 e. The molecule has 1 aromatic carbocycles. The molecule has 0 amide bonds. The number of hydrogen-bond acceptors (Lipinski definition) is 3. The third-order valence-electron chi connectivity index (χ3n) is 3.46. The molecule has 0 spiro atoms. The molecule has 3 nitrogen and oxygen atoms in total. The molecule has 0 saturated carbocycles. The van der Waals surface area contributed by atoms with Crippen molar-refractivity contribution in [2.24, 2.45) is 0 Å². The Morgan fingerprint density at radius 2 is 1.90 bits per heavy atom. The largest absolute Gasteiger partial charge is 0.341 e. The van der Waals surface area contributed by atoms with E-state index in [-0.39, 0.29) is 0 Å². The van der Waals surface area contributed by atoms with Gasteiger partial charge in [0.1, 0.15) is 0 Å². The molecule has 106 valence electrons. The molecule has 0 radical (unpaired) electrons.